The van der Waals surface area contributed by atoms with E-state index in [2.05, 4.69) is 36.3 Å². The number of nitrogens with one attached hydrogen (secondary N) is 1. The molecule has 0 saturated carbocycles. The summed E-state index contributed by atoms with van der Waals surface area (Å²) in [6, 6.07) is 17.4. The molecule has 0 spiro atoms. The van der Waals surface area contributed by atoms with Crippen molar-refractivity contribution in [3.63, 3.8) is 0 Å². The molecular weight excluding hydrogens is 354 g/mol. The predicted octanol–water partition coefficient (Wildman–Crippen LogP) is 3.77. The highest BCUT2D eigenvalue weighted by Crippen LogP contribution is 2.24. The maximum Gasteiger partial charge on any atom is 0.257 e. The van der Waals surface area contributed by atoms with Crippen molar-refractivity contribution in [2.24, 2.45) is 0 Å². The van der Waals surface area contributed by atoms with Crippen molar-refractivity contribution in [3.05, 3.63) is 66.1 Å². The molecule has 0 fully saturated rings. The maximum absolute atomic E-state index is 12.0. The van der Waals surface area contributed by atoms with Gasteiger partial charge in [-0.15, -0.1) is 10.2 Å². The largest absolute Gasteiger partial charge is 0.484 e. The predicted molar refractivity (Wildman–Crippen MR) is 107 cm³/mol. The van der Waals surface area contributed by atoms with Crippen LogP contribution in [-0.2, 0) is 16.6 Å². The number of carbonyl (C=O) groups excluding carboxylic acids is 1. The SMILES string of the molecule is CC(C)(C)c1ccc(OCC(=O)NCCc2nnc(-c3ccccc3)o2)cc1. The van der Waals surface area contributed by atoms with Gasteiger partial charge in [0, 0.05) is 18.5 Å². The van der Waals surface area contributed by atoms with Crippen LogP contribution in [0.5, 0.6) is 5.75 Å². The second-order valence-electron chi connectivity index (χ2n) is 7.53. The molecular formula is C22H25N3O3. The smallest absolute Gasteiger partial charge is 0.257 e. The monoisotopic (exact) mass is 379 g/mol. The maximum atomic E-state index is 12.0. The molecule has 28 heavy (non-hydrogen) atoms. The first-order valence-corrected chi connectivity index (χ1v) is 9.30. The summed E-state index contributed by atoms with van der Waals surface area (Å²) < 4.78 is 11.2. The van der Waals surface area contributed by atoms with E-state index in [9.17, 15) is 4.79 Å². The van der Waals surface area contributed by atoms with Crippen LogP contribution in [0, 0.1) is 0 Å². The quantitative estimate of drug-likeness (QED) is 0.676. The summed E-state index contributed by atoms with van der Waals surface area (Å²) in [5, 5.41) is 10.8. The number of aromatic nitrogens is 2. The van der Waals surface area contributed by atoms with E-state index in [0.29, 0.717) is 30.5 Å². The molecule has 6 nitrogen and oxygen atoms in total. The Bertz CT molecular complexity index is 897. The molecule has 0 aliphatic heterocycles. The van der Waals surface area contributed by atoms with Gasteiger partial charge in [-0.3, -0.25) is 4.79 Å². The van der Waals surface area contributed by atoms with E-state index in [1.807, 2.05) is 54.6 Å². The molecule has 3 aromatic rings. The second-order valence-corrected chi connectivity index (χ2v) is 7.53. The topological polar surface area (TPSA) is 77.2 Å². The van der Waals surface area contributed by atoms with Crippen LogP contribution in [0.3, 0.4) is 0 Å². The summed E-state index contributed by atoms with van der Waals surface area (Å²) in [6.07, 6.45) is 0.464. The first-order chi connectivity index (χ1) is 13.4. The third-order valence-electron chi connectivity index (χ3n) is 4.24. The van der Waals surface area contributed by atoms with E-state index in [1.54, 1.807) is 0 Å². The number of benzene rings is 2. The van der Waals surface area contributed by atoms with Crippen LogP contribution in [-0.4, -0.2) is 29.3 Å². The molecule has 2 aromatic carbocycles. The summed E-state index contributed by atoms with van der Waals surface area (Å²) >= 11 is 0. The summed E-state index contributed by atoms with van der Waals surface area (Å²) in [6.45, 7) is 6.84. The zero-order chi connectivity index (χ0) is 20.0. The average Bonchev–Trinajstić information content (AvgIpc) is 3.16. The van der Waals surface area contributed by atoms with Crippen LogP contribution in [0.15, 0.2) is 59.0 Å². The normalized spacial score (nSPS) is 11.2. The summed E-state index contributed by atoms with van der Waals surface area (Å²) in [5.41, 5.74) is 2.18. The summed E-state index contributed by atoms with van der Waals surface area (Å²) in [7, 11) is 0. The Morgan fingerprint density at radius 3 is 2.43 bits per heavy atom. The van der Waals surface area contributed by atoms with Gasteiger partial charge in [0.05, 0.1) is 0 Å². The van der Waals surface area contributed by atoms with Crippen molar-refractivity contribution < 1.29 is 13.9 Å². The number of hydrogen-bond donors (Lipinski definition) is 1. The van der Waals surface area contributed by atoms with Gasteiger partial charge in [-0.25, -0.2) is 0 Å². The first kappa shape index (κ1) is 19.6. The van der Waals surface area contributed by atoms with Gasteiger partial charge < -0.3 is 14.5 Å². The average molecular weight is 379 g/mol. The van der Waals surface area contributed by atoms with Gasteiger partial charge in [0.1, 0.15) is 5.75 Å². The molecule has 0 aliphatic carbocycles. The van der Waals surface area contributed by atoms with E-state index in [4.69, 9.17) is 9.15 Å². The van der Waals surface area contributed by atoms with Crippen LogP contribution < -0.4 is 10.1 Å². The molecule has 3 rings (SSSR count). The van der Waals surface area contributed by atoms with Crippen molar-refractivity contribution in [1.82, 2.24) is 15.5 Å². The van der Waals surface area contributed by atoms with Crippen molar-refractivity contribution in [2.45, 2.75) is 32.6 Å². The van der Waals surface area contributed by atoms with Gasteiger partial charge in [0.25, 0.3) is 5.91 Å². The van der Waals surface area contributed by atoms with Gasteiger partial charge in [-0.1, -0.05) is 51.1 Å². The van der Waals surface area contributed by atoms with Crippen LogP contribution >= 0.6 is 0 Å². The van der Waals surface area contributed by atoms with Crippen molar-refractivity contribution >= 4 is 5.91 Å². The zero-order valence-corrected chi connectivity index (χ0v) is 16.4. The van der Waals surface area contributed by atoms with Gasteiger partial charge in [-0.2, -0.15) is 0 Å². The highest BCUT2D eigenvalue weighted by atomic mass is 16.5. The first-order valence-electron chi connectivity index (χ1n) is 9.30. The van der Waals surface area contributed by atoms with Crippen LogP contribution in [0.4, 0.5) is 0 Å². The highest BCUT2D eigenvalue weighted by Gasteiger charge is 2.13. The van der Waals surface area contributed by atoms with E-state index in [1.165, 1.54) is 5.56 Å². The molecule has 1 aromatic heterocycles. The molecule has 0 bridgehead atoms. The molecule has 0 unspecified atom stereocenters. The Morgan fingerprint density at radius 2 is 1.75 bits per heavy atom. The van der Waals surface area contributed by atoms with Crippen molar-refractivity contribution in [2.75, 3.05) is 13.2 Å². The molecule has 1 heterocycles. The van der Waals surface area contributed by atoms with E-state index in [0.717, 1.165) is 5.56 Å². The lowest BCUT2D eigenvalue weighted by molar-refractivity contribution is -0.123. The zero-order valence-electron chi connectivity index (χ0n) is 16.4. The molecule has 1 amide bonds. The fraction of sp³-hybridized carbons (Fsp3) is 0.318. The molecule has 0 radical (unpaired) electrons. The fourth-order valence-electron chi connectivity index (χ4n) is 2.61. The van der Waals surface area contributed by atoms with Crippen LogP contribution in [0.2, 0.25) is 0 Å². The summed E-state index contributed by atoms with van der Waals surface area (Å²) in [5.74, 6) is 1.44. The Hall–Kier alpha value is -3.15. The Morgan fingerprint density at radius 1 is 1.04 bits per heavy atom. The lowest BCUT2D eigenvalue weighted by atomic mass is 9.87. The lowest BCUT2D eigenvalue weighted by Crippen LogP contribution is -2.30. The van der Waals surface area contributed by atoms with Crippen molar-refractivity contribution in [1.29, 1.82) is 0 Å². The van der Waals surface area contributed by atoms with Gasteiger partial charge >= 0.3 is 0 Å². The van der Waals surface area contributed by atoms with Gasteiger partial charge in [0.2, 0.25) is 11.8 Å². The Balaban J connectivity index is 1.41. The number of ether oxygens (including phenoxy) is 1. The van der Waals surface area contributed by atoms with E-state index < -0.39 is 0 Å². The number of amides is 1. The minimum Gasteiger partial charge on any atom is -0.484 e. The Kier molecular flexibility index (Phi) is 6.09. The fourth-order valence-corrected chi connectivity index (χ4v) is 2.61. The van der Waals surface area contributed by atoms with Crippen LogP contribution in [0.25, 0.3) is 11.5 Å². The third kappa shape index (κ3) is 5.42. The number of nitrogens with zero attached hydrogens (tertiary/aromatic N) is 2. The van der Waals surface area contributed by atoms with Crippen LogP contribution in [0.1, 0.15) is 32.2 Å². The Labute approximate surface area is 164 Å². The molecule has 0 atom stereocenters. The molecule has 6 heteroatoms. The highest BCUT2D eigenvalue weighted by molar-refractivity contribution is 5.77. The standard InChI is InChI=1S/C22H25N3O3/c1-22(2,3)17-9-11-18(12-10-17)27-15-19(26)23-14-13-20-24-25-21(28-20)16-7-5-4-6-8-16/h4-12H,13-15H2,1-3H3,(H,23,26). The number of carbonyl (C=O) groups is 1. The third-order valence-corrected chi connectivity index (χ3v) is 4.24. The van der Waals surface area contributed by atoms with E-state index in [-0.39, 0.29) is 17.9 Å². The van der Waals surface area contributed by atoms with Crippen molar-refractivity contribution in [3.8, 4) is 17.2 Å². The molecule has 0 saturated heterocycles. The second kappa shape index (κ2) is 8.69. The van der Waals surface area contributed by atoms with Gasteiger partial charge in [0.15, 0.2) is 6.61 Å². The molecule has 146 valence electrons. The minimum atomic E-state index is -0.192. The lowest BCUT2D eigenvalue weighted by Gasteiger charge is -2.19. The van der Waals surface area contributed by atoms with Gasteiger partial charge in [-0.05, 0) is 35.2 Å². The minimum absolute atomic E-state index is 0.0338. The summed E-state index contributed by atoms with van der Waals surface area (Å²) in [4.78, 5) is 12.0. The molecule has 1 N–H and O–H groups in total. The number of hydrogen-bond acceptors (Lipinski definition) is 5. The van der Waals surface area contributed by atoms with E-state index >= 15 is 0 Å². The molecule has 0 aliphatic rings. The number of rotatable bonds is 7.